The molecule has 144 valence electrons. The molecule has 0 bridgehead atoms. The third-order valence-electron chi connectivity index (χ3n) is 4.74. The number of fused-ring (bicyclic) bond motifs is 1. The van der Waals surface area contributed by atoms with Crippen LogP contribution in [0.25, 0.3) is 11.1 Å². The van der Waals surface area contributed by atoms with Gasteiger partial charge in [0, 0.05) is 24.7 Å². The average molecular weight is 418 g/mol. The Bertz CT molecular complexity index is 1080. The SMILES string of the molecule is Cc1nc2cc(NC(=O)[C@H]3CCCN3C(=O)c3ccc(Cl)c(Cl)c3)ccc2o1. The first-order valence-electron chi connectivity index (χ1n) is 8.86. The molecule has 1 aromatic heterocycles. The first-order chi connectivity index (χ1) is 13.4. The normalized spacial score (nSPS) is 16.5. The number of anilines is 1. The number of nitrogens with one attached hydrogen (secondary N) is 1. The van der Waals surface area contributed by atoms with E-state index >= 15 is 0 Å². The number of halogens is 2. The van der Waals surface area contributed by atoms with Gasteiger partial charge in [-0.15, -0.1) is 0 Å². The van der Waals surface area contributed by atoms with E-state index in [2.05, 4.69) is 10.3 Å². The number of amides is 2. The second-order valence-corrected chi connectivity index (χ2v) is 7.50. The Labute approximate surface area is 171 Å². The largest absolute Gasteiger partial charge is 0.441 e. The fourth-order valence-electron chi connectivity index (χ4n) is 3.42. The van der Waals surface area contributed by atoms with Gasteiger partial charge in [-0.2, -0.15) is 0 Å². The van der Waals surface area contributed by atoms with E-state index in [1.807, 2.05) is 0 Å². The number of rotatable bonds is 3. The Morgan fingerprint density at radius 2 is 2.00 bits per heavy atom. The molecule has 1 N–H and O–H groups in total. The molecule has 1 atom stereocenters. The molecule has 0 radical (unpaired) electrons. The zero-order chi connectivity index (χ0) is 19.8. The van der Waals surface area contributed by atoms with Crippen molar-refractivity contribution in [2.45, 2.75) is 25.8 Å². The molecular weight excluding hydrogens is 401 g/mol. The van der Waals surface area contributed by atoms with Crippen molar-refractivity contribution in [3.05, 3.63) is 57.9 Å². The highest BCUT2D eigenvalue weighted by Crippen LogP contribution is 2.27. The quantitative estimate of drug-likeness (QED) is 0.670. The van der Waals surface area contributed by atoms with Crippen LogP contribution in [0.1, 0.15) is 29.1 Å². The molecule has 4 rings (SSSR count). The van der Waals surface area contributed by atoms with Gasteiger partial charge in [0.25, 0.3) is 5.91 Å². The van der Waals surface area contributed by atoms with Gasteiger partial charge >= 0.3 is 0 Å². The summed E-state index contributed by atoms with van der Waals surface area (Å²) in [6.45, 7) is 2.28. The Hall–Kier alpha value is -2.57. The van der Waals surface area contributed by atoms with Crippen molar-refractivity contribution in [2.24, 2.45) is 0 Å². The van der Waals surface area contributed by atoms with Gasteiger partial charge in [-0.25, -0.2) is 4.98 Å². The maximum absolute atomic E-state index is 12.9. The molecule has 1 aliphatic rings. The summed E-state index contributed by atoms with van der Waals surface area (Å²) < 4.78 is 5.45. The van der Waals surface area contributed by atoms with Gasteiger partial charge in [-0.05, 0) is 49.2 Å². The lowest BCUT2D eigenvalue weighted by atomic mass is 10.1. The molecule has 2 heterocycles. The van der Waals surface area contributed by atoms with Gasteiger partial charge in [0.2, 0.25) is 5.91 Å². The van der Waals surface area contributed by atoms with Crippen molar-refractivity contribution >= 4 is 51.8 Å². The van der Waals surface area contributed by atoms with Crippen LogP contribution in [0.3, 0.4) is 0 Å². The van der Waals surface area contributed by atoms with E-state index in [-0.39, 0.29) is 11.8 Å². The Morgan fingerprint density at radius 1 is 1.18 bits per heavy atom. The zero-order valence-electron chi connectivity index (χ0n) is 15.0. The molecule has 2 amide bonds. The number of aromatic nitrogens is 1. The second-order valence-electron chi connectivity index (χ2n) is 6.69. The molecule has 6 nitrogen and oxygen atoms in total. The number of nitrogens with zero attached hydrogens (tertiary/aromatic N) is 2. The maximum Gasteiger partial charge on any atom is 0.254 e. The van der Waals surface area contributed by atoms with Crippen molar-refractivity contribution in [2.75, 3.05) is 11.9 Å². The van der Waals surface area contributed by atoms with Crippen molar-refractivity contribution in [1.82, 2.24) is 9.88 Å². The van der Waals surface area contributed by atoms with Crippen LogP contribution >= 0.6 is 23.2 Å². The predicted octanol–water partition coefficient (Wildman–Crippen LogP) is 4.69. The van der Waals surface area contributed by atoms with E-state index in [9.17, 15) is 9.59 Å². The number of oxazole rings is 1. The van der Waals surface area contributed by atoms with Crippen molar-refractivity contribution in [3.8, 4) is 0 Å². The average Bonchev–Trinajstić information content (AvgIpc) is 3.28. The highest BCUT2D eigenvalue weighted by atomic mass is 35.5. The number of carbonyl (C=O) groups excluding carboxylic acids is 2. The summed E-state index contributed by atoms with van der Waals surface area (Å²) in [7, 11) is 0. The molecule has 1 fully saturated rings. The van der Waals surface area contributed by atoms with E-state index in [0.29, 0.717) is 51.3 Å². The van der Waals surface area contributed by atoms with Gasteiger partial charge in [-0.1, -0.05) is 23.2 Å². The van der Waals surface area contributed by atoms with Crippen LogP contribution in [-0.4, -0.2) is 34.3 Å². The van der Waals surface area contributed by atoms with E-state index in [4.69, 9.17) is 27.6 Å². The second kappa shape index (κ2) is 7.45. The highest BCUT2D eigenvalue weighted by molar-refractivity contribution is 6.42. The summed E-state index contributed by atoms with van der Waals surface area (Å²) in [4.78, 5) is 31.6. The molecule has 8 heteroatoms. The monoisotopic (exact) mass is 417 g/mol. The van der Waals surface area contributed by atoms with Crippen molar-refractivity contribution in [3.63, 3.8) is 0 Å². The first kappa shape index (κ1) is 18.8. The van der Waals surface area contributed by atoms with Gasteiger partial charge < -0.3 is 14.6 Å². The topological polar surface area (TPSA) is 75.4 Å². The summed E-state index contributed by atoms with van der Waals surface area (Å²) in [6, 6.07) is 9.45. The molecule has 28 heavy (non-hydrogen) atoms. The van der Waals surface area contributed by atoms with E-state index in [0.717, 1.165) is 6.42 Å². The summed E-state index contributed by atoms with van der Waals surface area (Å²) in [6.07, 6.45) is 1.36. The molecule has 0 unspecified atom stereocenters. The fraction of sp³-hybridized carbons (Fsp3) is 0.250. The molecule has 0 aliphatic carbocycles. The molecule has 1 saturated heterocycles. The van der Waals surface area contributed by atoms with Crippen LogP contribution < -0.4 is 5.32 Å². The number of benzene rings is 2. The molecule has 3 aromatic rings. The van der Waals surface area contributed by atoms with Crippen LogP contribution in [-0.2, 0) is 4.79 Å². The standard InChI is InChI=1S/C20H17Cl2N3O3/c1-11-23-16-10-13(5-7-18(16)28-11)24-19(26)17-3-2-8-25(17)20(27)12-4-6-14(21)15(22)9-12/h4-7,9-10,17H,2-3,8H2,1H3,(H,24,26)/t17-/m1/s1. The number of likely N-dealkylation sites (tertiary alicyclic amines) is 1. The van der Waals surface area contributed by atoms with Crippen LogP contribution in [0.15, 0.2) is 40.8 Å². The van der Waals surface area contributed by atoms with Crippen LogP contribution in [0, 0.1) is 6.92 Å². The number of carbonyl (C=O) groups is 2. The van der Waals surface area contributed by atoms with Crippen LogP contribution in [0.4, 0.5) is 5.69 Å². The maximum atomic E-state index is 12.9. The minimum Gasteiger partial charge on any atom is -0.441 e. The van der Waals surface area contributed by atoms with Gasteiger partial charge in [0.15, 0.2) is 11.5 Å². The summed E-state index contributed by atoms with van der Waals surface area (Å²) >= 11 is 11.9. The highest BCUT2D eigenvalue weighted by Gasteiger charge is 2.34. The summed E-state index contributed by atoms with van der Waals surface area (Å²) in [5.41, 5.74) is 2.35. The summed E-state index contributed by atoms with van der Waals surface area (Å²) in [5.74, 6) is 0.0944. The molecule has 2 aromatic carbocycles. The third kappa shape index (κ3) is 3.57. The van der Waals surface area contributed by atoms with Gasteiger partial charge in [-0.3, -0.25) is 9.59 Å². The molecule has 0 saturated carbocycles. The lowest BCUT2D eigenvalue weighted by Crippen LogP contribution is -2.43. The minimum absolute atomic E-state index is 0.231. The molecule has 1 aliphatic heterocycles. The van der Waals surface area contributed by atoms with E-state index in [1.165, 1.54) is 6.07 Å². The number of hydrogen-bond acceptors (Lipinski definition) is 4. The Morgan fingerprint density at radius 3 is 2.79 bits per heavy atom. The first-order valence-corrected chi connectivity index (χ1v) is 9.62. The lowest BCUT2D eigenvalue weighted by Gasteiger charge is -2.24. The Kier molecular flexibility index (Phi) is 5.00. The smallest absolute Gasteiger partial charge is 0.254 e. The molecule has 0 spiro atoms. The van der Waals surface area contributed by atoms with Crippen LogP contribution in [0.2, 0.25) is 10.0 Å². The number of aryl methyl sites for hydroxylation is 1. The minimum atomic E-state index is -0.545. The van der Waals surface area contributed by atoms with Crippen molar-refractivity contribution < 1.29 is 14.0 Å². The van der Waals surface area contributed by atoms with Crippen molar-refractivity contribution in [1.29, 1.82) is 0 Å². The van der Waals surface area contributed by atoms with Gasteiger partial charge in [0.1, 0.15) is 11.6 Å². The summed E-state index contributed by atoms with van der Waals surface area (Å²) in [5, 5.41) is 3.57. The predicted molar refractivity (Wildman–Crippen MR) is 108 cm³/mol. The Balaban J connectivity index is 1.52. The van der Waals surface area contributed by atoms with E-state index in [1.54, 1.807) is 42.2 Å². The van der Waals surface area contributed by atoms with Gasteiger partial charge in [0.05, 0.1) is 10.0 Å². The molecular formula is C20H17Cl2N3O3. The third-order valence-corrected chi connectivity index (χ3v) is 5.48. The van der Waals surface area contributed by atoms with Crippen LogP contribution in [0.5, 0.6) is 0 Å². The number of hydrogen-bond donors (Lipinski definition) is 1. The van der Waals surface area contributed by atoms with E-state index < -0.39 is 6.04 Å². The fourth-order valence-corrected chi connectivity index (χ4v) is 3.72. The zero-order valence-corrected chi connectivity index (χ0v) is 16.5. The lowest BCUT2D eigenvalue weighted by molar-refractivity contribution is -0.119.